The first-order valence-corrected chi connectivity index (χ1v) is 10.5. The van der Waals surface area contributed by atoms with Gasteiger partial charge in [0.25, 0.3) is 0 Å². The molecule has 3 aromatic rings. The summed E-state index contributed by atoms with van der Waals surface area (Å²) in [5.41, 5.74) is 6.41. The topological polar surface area (TPSA) is 58.4 Å². The quantitative estimate of drug-likeness (QED) is 0.603. The molecule has 5 nitrogen and oxygen atoms in total. The lowest BCUT2D eigenvalue weighted by molar-refractivity contribution is -0.117. The molecule has 5 heteroatoms. The minimum absolute atomic E-state index is 0.0233. The number of hydrogen-bond acceptors (Lipinski definition) is 4. The zero-order valence-corrected chi connectivity index (χ0v) is 18.2. The van der Waals surface area contributed by atoms with Crippen molar-refractivity contribution >= 4 is 17.3 Å². The lowest BCUT2D eigenvalue weighted by atomic mass is 9.92. The first kappa shape index (κ1) is 20.2. The van der Waals surface area contributed by atoms with Crippen LogP contribution in [0.1, 0.15) is 44.0 Å². The summed E-state index contributed by atoms with van der Waals surface area (Å²) in [4.78, 5) is 14.6. The highest BCUT2D eigenvalue weighted by molar-refractivity contribution is 5.91. The van der Waals surface area contributed by atoms with E-state index < -0.39 is 0 Å². The second-order valence-electron chi connectivity index (χ2n) is 9.24. The van der Waals surface area contributed by atoms with E-state index in [4.69, 9.17) is 4.52 Å². The molecule has 156 valence electrons. The molecule has 0 fully saturated rings. The fourth-order valence-electron chi connectivity index (χ4n) is 3.98. The third-order valence-corrected chi connectivity index (χ3v) is 5.42. The molecule has 0 radical (unpaired) electrons. The van der Waals surface area contributed by atoms with Crippen LogP contribution < -0.4 is 10.2 Å². The van der Waals surface area contributed by atoms with Crippen molar-refractivity contribution in [2.75, 3.05) is 16.8 Å². The molecule has 0 atom stereocenters. The van der Waals surface area contributed by atoms with E-state index in [2.05, 4.69) is 48.3 Å². The number of benzene rings is 2. The number of nitrogens with zero attached hydrogens (tertiary/aromatic N) is 2. The summed E-state index contributed by atoms with van der Waals surface area (Å²) in [5.74, 6) is 0.900. The Hall–Kier alpha value is -3.08. The number of amides is 1. The maximum absolute atomic E-state index is 12.3. The highest BCUT2D eigenvalue weighted by Crippen LogP contribution is 2.34. The van der Waals surface area contributed by atoms with Gasteiger partial charge >= 0.3 is 0 Å². The highest BCUT2D eigenvalue weighted by Gasteiger charge is 2.24. The van der Waals surface area contributed by atoms with E-state index in [-0.39, 0.29) is 11.3 Å². The molecule has 0 unspecified atom stereocenters. The number of rotatable bonds is 5. The summed E-state index contributed by atoms with van der Waals surface area (Å²) in [5, 5.41) is 7.26. The molecule has 1 N–H and O–H groups in total. The van der Waals surface area contributed by atoms with Crippen LogP contribution in [-0.4, -0.2) is 17.6 Å². The van der Waals surface area contributed by atoms with E-state index in [0.717, 1.165) is 47.8 Å². The van der Waals surface area contributed by atoms with Gasteiger partial charge in [-0.1, -0.05) is 56.3 Å². The number of carbonyl (C=O) groups is 1. The van der Waals surface area contributed by atoms with E-state index in [1.165, 1.54) is 11.3 Å². The molecule has 30 heavy (non-hydrogen) atoms. The van der Waals surface area contributed by atoms with Gasteiger partial charge in [-0.25, -0.2) is 0 Å². The normalized spacial score (nSPS) is 13.4. The molecule has 0 saturated carbocycles. The maximum atomic E-state index is 12.3. The van der Waals surface area contributed by atoms with Gasteiger partial charge < -0.3 is 14.7 Å². The Labute approximate surface area is 178 Å². The van der Waals surface area contributed by atoms with Crippen LogP contribution in [0.4, 0.5) is 11.4 Å². The smallest absolute Gasteiger partial charge is 0.224 e. The average Bonchev–Trinajstić information content (AvgIpc) is 3.25. The third-order valence-electron chi connectivity index (χ3n) is 5.42. The zero-order chi connectivity index (χ0) is 21.3. The molecule has 0 bridgehead atoms. The van der Waals surface area contributed by atoms with Gasteiger partial charge in [0.2, 0.25) is 5.91 Å². The summed E-state index contributed by atoms with van der Waals surface area (Å²) >= 11 is 0. The highest BCUT2D eigenvalue weighted by atomic mass is 16.5. The van der Waals surface area contributed by atoms with Gasteiger partial charge in [-0.3, -0.25) is 4.79 Å². The fraction of sp³-hybridized carbons (Fsp3) is 0.360. The molecule has 0 aliphatic carbocycles. The van der Waals surface area contributed by atoms with Crippen molar-refractivity contribution in [1.29, 1.82) is 0 Å². The molecular formula is C25H29N3O2. The zero-order valence-electron chi connectivity index (χ0n) is 18.2. The predicted octanol–water partition coefficient (Wildman–Crippen LogP) is 5.59. The minimum Gasteiger partial charge on any atom is -0.366 e. The van der Waals surface area contributed by atoms with Crippen LogP contribution in [0.5, 0.6) is 0 Å². The van der Waals surface area contributed by atoms with Crippen LogP contribution >= 0.6 is 0 Å². The van der Waals surface area contributed by atoms with Gasteiger partial charge in [-0.15, -0.1) is 0 Å². The second-order valence-corrected chi connectivity index (χ2v) is 9.24. The van der Waals surface area contributed by atoms with Gasteiger partial charge in [-0.2, -0.15) is 0 Å². The first-order valence-electron chi connectivity index (χ1n) is 10.5. The van der Waals surface area contributed by atoms with Crippen LogP contribution in [-0.2, 0) is 17.8 Å². The lowest BCUT2D eigenvalue weighted by Crippen LogP contribution is -2.20. The average molecular weight is 404 g/mol. The number of nitrogens with one attached hydrogen (secondary N) is 1. The van der Waals surface area contributed by atoms with Gasteiger partial charge in [-0.05, 0) is 42.5 Å². The van der Waals surface area contributed by atoms with Crippen molar-refractivity contribution < 1.29 is 9.32 Å². The Morgan fingerprint density at radius 2 is 1.93 bits per heavy atom. The Balaban J connectivity index is 1.51. The van der Waals surface area contributed by atoms with Crippen molar-refractivity contribution in [3.05, 3.63) is 65.4 Å². The number of anilines is 2. The Morgan fingerprint density at radius 1 is 1.17 bits per heavy atom. The van der Waals surface area contributed by atoms with Crippen molar-refractivity contribution in [3.63, 3.8) is 0 Å². The molecule has 0 spiro atoms. The first-order chi connectivity index (χ1) is 14.3. The predicted molar refractivity (Wildman–Crippen MR) is 121 cm³/mol. The Kier molecular flexibility index (Phi) is 5.37. The number of aryl methyl sites for hydroxylation is 1. The van der Waals surface area contributed by atoms with Crippen LogP contribution in [0, 0.1) is 12.3 Å². The Morgan fingerprint density at radius 3 is 2.67 bits per heavy atom. The molecular weight excluding hydrogens is 374 g/mol. The van der Waals surface area contributed by atoms with E-state index in [9.17, 15) is 4.79 Å². The summed E-state index contributed by atoms with van der Waals surface area (Å²) in [6, 6.07) is 16.3. The fourth-order valence-corrected chi connectivity index (χ4v) is 3.98. The van der Waals surface area contributed by atoms with E-state index in [1.54, 1.807) is 0 Å². The summed E-state index contributed by atoms with van der Waals surface area (Å²) in [7, 11) is 0. The van der Waals surface area contributed by atoms with Crippen LogP contribution in [0.25, 0.3) is 11.3 Å². The van der Waals surface area contributed by atoms with Crippen molar-refractivity contribution in [3.8, 4) is 11.3 Å². The SMILES string of the molecule is Cc1noc(-c2ccccc2)c1CN1CCc2cc(NC(=O)CC(C)(C)C)ccc21. The molecule has 0 saturated heterocycles. The Bertz CT molecular complexity index is 1050. The van der Waals surface area contributed by atoms with Crippen molar-refractivity contribution in [2.45, 2.75) is 47.1 Å². The largest absolute Gasteiger partial charge is 0.366 e. The molecule has 2 aromatic carbocycles. The monoisotopic (exact) mass is 403 g/mol. The molecule has 4 rings (SSSR count). The van der Waals surface area contributed by atoms with Gasteiger partial charge in [0.1, 0.15) is 0 Å². The standard InChI is InChI=1S/C25H29N3O2/c1-17-21(24(30-27-17)18-8-6-5-7-9-18)16-28-13-12-19-14-20(10-11-22(19)28)26-23(29)15-25(2,3)4/h5-11,14H,12-13,15-16H2,1-4H3,(H,26,29). The summed E-state index contributed by atoms with van der Waals surface area (Å²) < 4.78 is 5.66. The summed E-state index contributed by atoms with van der Waals surface area (Å²) in [6.45, 7) is 9.91. The van der Waals surface area contributed by atoms with Crippen molar-refractivity contribution in [2.24, 2.45) is 5.41 Å². The molecule has 2 heterocycles. The van der Waals surface area contributed by atoms with Gasteiger partial charge in [0, 0.05) is 42.0 Å². The lowest BCUT2D eigenvalue weighted by Gasteiger charge is -2.20. The van der Waals surface area contributed by atoms with E-state index >= 15 is 0 Å². The van der Waals surface area contributed by atoms with E-state index in [0.29, 0.717) is 6.42 Å². The van der Waals surface area contributed by atoms with Crippen LogP contribution in [0.15, 0.2) is 53.1 Å². The molecule has 1 aliphatic heterocycles. The molecule has 1 aromatic heterocycles. The number of hydrogen-bond donors (Lipinski definition) is 1. The van der Waals surface area contributed by atoms with Crippen molar-refractivity contribution in [1.82, 2.24) is 5.16 Å². The minimum atomic E-state index is -0.0233. The number of aromatic nitrogens is 1. The maximum Gasteiger partial charge on any atom is 0.224 e. The van der Waals surface area contributed by atoms with Gasteiger partial charge in [0.05, 0.1) is 5.69 Å². The second kappa shape index (κ2) is 7.98. The van der Waals surface area contributed by atoms with Gasteiger partial charge in [0.15, 0.2) is 5.76 Å². The molecule has 1 amide bonds. The van der Waals surface area contributed by atoms with Crippen LogP contribution in [0.3, 0.4) is 0 Å². The number of carbonyl (C=O) groups excluding carboxylic acids is 1. The van der Waals surface area contributed by atoms with Crippen LogP contribution in [0.2, 0.25) is 0 Å². The summed E-state index contributed by atoms with van der Waals surface area (Å²) in [6.07, 6.45) is 1.47. The number of fused-ring (bicyclic) bond motifs is 1. The van der Waals surface area contributed by atoms with E-state index in [1.807, 2.05) is 43.3 Å². The molecule has 1 aliphatic rings. The third kappa shape index (κ3) is 4.40.